The van der Waals surface area contributed by atoms with Gasteiger partial charge in [-0.05, 0) is 37.6 Å². The minimum atomic E-state index is -0.539. The van der Waals surface area contributed by atoms with Crippen LogP contribution in [-0.2, 0) is 4.79 Å². The van der Waals surface area contributed by atoms with E-state index < -0.39 is 6.04 Å². The second kappa shape index (κ2) is 4.11. The van der Waals surface area contributed by atoms with Gasteiger partial charge in [-0.15, -0.1) is 0 Å². The van der Waals surface area contributed by atoms with Gasteiger partial charge in [-0.2, -0.15) is 0 Å². The van der Waals surface area contributed by atoms with Crippen LogP contribution in [0.4, 0.5) is 5.69 Å². The number of hydrogen-bond acceptors (Lipinski definition) is 3. The fraction of sp³-hybridized carbons (Fsp3) is 0.300. The van der Waals surface area contributed by atoms with E-state index in [9.17, 15) is 4.79 Å². The van der Waals surface area contributed by atoms with Gasteiger partial charge in [0.1, 0.15) is 5.75 Å². The lowest BCUT2D eigenvalue weighted by Crippen LogP contribution is -2.32. The third-order valence-electron chi connectivity index (χ3n) is 1.88. The number of rotatable bonds is 2. The molecule has 0 radical (unpaired) electrons. The van der Waals surface area contributed by atoms with E-state index in [0.29, 0.717) is 5.69 Å². The van der Waals surface area contributed by atoms with E-state index in [2.05, 4.69) is 5.32 Å². The van der Waals surface area contributed by atoms with Crippen LogP contribution < -0.4 is 11.1 Å². The van der Waals surface area contributed by atoms with Gasteiger partial charge in [0.15, 0.2) is 0 Å². The summed E-state index contributed by atoms with van der Waals surface area (Å²) in [5.74, 6) is -0.0555. The first-order chi connectivity index (χ1) is 6.50. The molecular weight excluding hydrogens is 180 g/mol. The predicted octanol–water partition coefficient (Wildman–Crippen LogP) is 0.986. The molecule has 76 valence electrons. The molecule has 4 heteroatoms. The van der Waals surface area contributed by atoms with Crippen molar-refractivity contribution < 1.29 is 9.90 Å². The molecule has 0 spiro atoms. The van der Waals surface area contributed by atoms with Gasteiger partial charge in [-0.1, -0.05) is 0 Å². The standard InChI is InChI=1S/C10H14N2O2/c1-6-5-8(13)3-4-9(6)12-10(14)7(2)11/h3-5,7,13H,11H2,1-2H3,(H,12,14). The maximum absolute atomic E-state index is 11.3. The summed E-state index contributed by atoms with van der Waals surface area (Å²) in [5, 5.41) is 11.8. The van der Waals surface area contributed by atoms with Crippen LogP contribution in [0, 0.1) is 6.92 Å². The zero-order chi connectivity index (χ0) is 10.7. The number of benzene rings is 1. The molecule has 0 bridgehead atoms. The number of aromatic hydroxyl groups is 1. The molecule has 1 aromatic carbocycles. The number of anilines is 1. The third kappa shape index (κ3) is 2.47. The van der Waals surface area contributed by atoms with Gasteiger partial charge >= 0.3 is 0 Å². The second-order valence-electron chi connectivity index (χ2n) is 3.28. The summed E-state index contributed by atoms with van der Waals surface area (Å²) < 4.78 is 0. The normalized spacial score (nSPS) is 12.2. The zero-order valence-electron chi connectivity index (χ0n) is 8.24. The topological polar surface area (TPSA) is 75.3 Å². The smallest absolute Gasteiger partial charge is 0.241 e. The summed E-state index contributed by atoms with van der Waals surface area (Å²) >= 11 is 0. The summed E-state index contributed by atoms with van der Waals surface area (Å²) in [6, 6.07) is 4.20. The Morgan fingerprint density at radius 1 is 1.57 bits per heavy atom. The minimum absolute atomic E-state index is 0.182. The van der Waals surface area contributed by atoms with Crippen molar-refractivity contribution in [3.8, 4) is 5.75 Å². The molecule has 0 saturated carbocycles. The lowest BCUT2D eigenvalue weighted by molar-refractivity contribution is -0.117. The Balaban J connectivity index is 2.82. The molecule has 1 rings (SSSR count). The van der Waals surface area contributed by atoms with E-state index in [-0.39, 0.29) is 11.7 Å². The predicted molar refractivity (Wildman–Crippen MR) is 55.1 cm³/mol. The van der Waals surface area contributed by atoms with Crippen molar-refractivity contribution in [2.75, 3.05) is 5.32 Å². The Kier molecular flexibility index (Phi) is 3.09. The number of nitrogens with one attached hydrogen (secondary N) is 1. The molecule has 1 unspecified atom stereocenters. The molecule has 4 nitrogen and oxygen atoms in total. The molecule has 0 aliphatic rings. The monoisotopic (exact) mass is 194 g/mol. The second-order valence-corrected chi connectivity index (χ2v) is 3.28. The van der Waals surface area contributed by atoms with Crippen LogP contribution in [0.3, 0.4) is 0 Å². The Bertz CT molecular complexity index is 348. The van der Waals surface area contributed by atoms with Crippen LogP contribution in [0.5, 0.6) is 5.75 Å². The number of carbonyl (C=O) groups is 1. The van der Waals surface area contributed by atoms with E-state index in [1.54, 1.807) is 26.0 Å². The number of nitrogens with two attached hydrogens (primary N) is 1. The molecule has 1 amide bonds. The first-order valence-electron chi connectivity index (χ1n) is 4.37. The minimum Gasteiger partial charge on any atom is -0.508 e. The molecular formula is C10H14N2O2. The molecule has 1 atom stereocenters. The van der Waals surface area contributed by atoms with E-state index in [1.165, 1.54) is 6.07 Å². The molecule has 0 aromatic heterocycles. The highest BCUT2D eigenvalue weighted by atomic mass is 16.3. The van der Waals surface area contributed by atoms with E-state index in [0.717, 1.165) is 5.56 Å². The highest BCUT2D eigenvalue weighted by molar-refractivity contribution is 5.95. The summed E-state index contributed by atoms with van der Waals surface area (Å²) in [4.78, 5) is 11.3. The van der Waals surface area contributed by atoms with Crippen LogP contribution in [0.1, 0.15) is 12.5 Å². The number of amides is 1. The average molecular weight is 194 g/mol. The van der Waals surface area contributed by atoms with Crippen molar-refractivity contribution in [3.05, 3.63) is 23.8 Å². The maximum atomic E-state index is 11.3. The van der Waals surface area contributed by atoms with Crippen molar-refractivity contribution in [2.45, 2.75) is 19.9 Å². The van der Waals surface area contributed by atoms with Gasteiger partial charge in [-0.25, -0.2) is 0 Å². The summed E-state index contributed by atoms with van der Waals surface area (Å²) in [6.07, 6.45) is 0. The van der Waals surface area contributed by atoms with E-state index >= 15 is 0 Å². The van der Waals surface area contributed by atoms with Gasteiger partial charge in [0.25, 0.3) is 0 Å². The number of carbonyl (C=O) groups excluding carboxylic acids is 1. The molecule has 1 aromatic rings. The van der Waals surface area contributed by atoms with Crippen molar-refractivity contribution in [1.29, 1.82) is 0 Å². The van der Waals surface area contributed by atoms with Gasteiger partial charge < -0.3 is 16.2 Å². The average Bonchev–Trinajstić information content (AvgIpc) is 2.09. The van der Waals surface area contributed by atoms with Gasteiger partial charge in [0.05, 0.1) is 6.04 Å². The van der Waals surface area contributed by atoms with E-state index in [1.807, 2.05) is 0 Å². The zero-order valence-corrected chi connectivity index (χ0v) is 8.24. The fourth-order valence-electron chi connectivity index (χ4n) is 1.03. The highest BCUT2D eigenvalue weighted by Gasteiger charge is 2.08. The molecule has 4 N–H and O–H groups in total. The first kappa shape index (κ1) is 10.5. The molecule has 0 heterocycles. The van der Waals surface area contributed by atoms with Crippen molar-refractivity contribution in [1.82, 2.24) is 0 Å². The Hall–Kier alpha value is -1.55. The molecule has 0 saturated heterocycles. The number of phenols is 1. The maximum Gasteiger partial charge on any atom is 0.241 e. The van der Waals surface area contributed by atoms with Crippen LogP contribution in [0.15, 0.2) is 18.2 Å². The number of aryl methyl sites for hydroxylation is 1. The lowest BCUT2D eigenvalue weighted by atomic mass is 10.2. The van der Waals surface area contributed by atoms with E-state index in [4.69, 9.17) is 10.8 Å². The summed E-state index contributed by atoms with van der Waals surface area (Å²) in [6.45, 7) is 3.42. The lowest BCUT2D eigenvalue weighted by Gasteiger charge is -2.10. The van der Waals surface area contributed by atoms with Crippen molar-refractivity contribution in [2.24, 2.45) is 5.73 Å². The Morgan fingerprint density at radius 2 is 2.21 bits per heavy atom. The summed E-state index contributed by atoms with van der Waals surface area (Å²) in [7, 11) is 0. The van der Waals surface area contributed by atoms with Gasteiger partial charge in [0, 0.05) is 5.69 Å². The molecule has 0 fully saturated rings. The Labute approximate surface area is 82.7 Å². The quantitative estimate of drug-likeness (QED) is 0.614. The van der Waals surface area contributed by atoms with Gasteiger partial charge in [0.2, 0.25) is 5.91 Å². The molecule has 14 heavy (non-hydrogen) atoms. The van der Waals surface area contributed by atoms with Crippen LogP contribution in [-0.4, -0.2) is 17.1 Å². The molecule has 0 aliphatic carbocycles. The van der Waals surface area contributed by atoms with Crippen molar-refractivity contribution >= 4 is 11.6 Å². The van der Waals surface area contributed by atoms with Crippen LogP contribution >= 0.6 is 0 Å². The number of hydrogen-bond donors (Lipinski definition) is 3. The SMILES string of the molecule is Cc1cc(O)ccc1NC(=O)C(C)N. The number of phenolic OH excluding ortho intramolecular Hbond substituents is 1. The van der Waals surface area contributed by atoms with Gasteiger partial charge in [-0.3, -0.25) is 4.79 Å². The van der Waals surface area contributed by atoms with Crippen LogP contribution in [0.25, 0.3) is 0 Å². The third-order valence-corrected chi connectivity index (χ3v) is 1.88. The summed E-state index contributed by atoms with van der Waals surface area (Å²) in [5.41, 5.74) is 6.88. The van der Waals surface area contributed by atoms with Crippen molar-refractivity contribution in [3.63, 3.8) is 0 Å². The first-order valence-corrected chi connectivity index (χ1v) is 4.37. The highest BCUT2D eigenvalue weighted by Crippen LogP contribution is 2.19. The fourth-order valence-corrected chi connectivity index (χ4v) is 1.03. The largest absolute Gasteiger partial charge is 0.508 e. The van der Waals surface area contributed by atoms with Crippen LogP contribution in [0.2, 0.25) is 0 Å². The molecule has 0 aliphatic heterocycles. The Morgan fingerprint density at radius 3 is 2.71 bits per heavy atom.